The van der Waals surface area contributed by atoms with E-state index in [1.807, 2.05) is 12.1 Å². The number of thiocarbonyl (C=S) groups is 1. The molecule has 0 saturated carbocycles. The van der Waals surface area contributed by atoms with Gasteiger partial charge in [0.25, 0.3) is 5.91 Å². The molecule has 0 aliphatic carbocycles. The van der Waals surface area contributed by atoms with Crippen LogP contribution in [0.2, 0.25) is 0 Å². The van der Waals surface area contributed by atoms with Crippen LogP contribution < -0.4 is 10.6 Å². The molecule has 0 spiro atoms. The van der Waals surface area contributed by atoms with Crippen molar-refractivity contribution in [1.82, 2.24) is 10.2 Å². The fourth-order valence-electron chi connectivity index (χ4n) is 2.14. The third kappa shape index (κ3) is 4.68. The maximum absolute atomic E-state index is 11.8. The minimum atomic E-state index is -0.0133. The van der Waals surface area contributed by atoms with E-state index in [2.05, 4.69) is 10.6 Å². The third-order valence-electron chi connectivity index (χ3n) is 3.31. The number of nitrogens with one attached hydrogen (secondary N) is 2. The molecule has 114 valence electrons. The van der Waals surface area contributed by atoms with Crippen molar-refractivity contribution >= 4 is 28.9 Å². The molecule has 6 heteroatoms. The third-order valence-corrected chi connectivity index (χ3v) is 3.56. The monoisotopic (exact) mass is 307 g/mol. The van der Waals surface area contributed by atoms with Gasteiger partial charge in [-0.05, 0) is 49.3 Å². The molecule has 1 aromatic rings. The molecular formula is C15H21N3O2S. The number of anilines is 1. The van der Waals surface area contributed by atoms with Gasteiger partial charge < -0.3 is 20.3 Å². The standard InChI is InChI=1S/C15H21N3O2S/c1-18(2)14(19)11-5-7-12(8-6-11)17-15(21)16-10-13-4-3-9-20-13/h5-8,13H,3-4,9-10H2,1-2H3,(H2,16,17,21)/t13-/m1/s1. The van der Waals surface area contributed by atoms with E-state index in [1.54, 1.807) is 31.1 Å². The average molecular weight is 307 g/mol. The molecule has 2 rings (SSSR count). The van der Waals surface area contributed by atoms with E-state index in [4.69, 9.17) is 17.0 Å². The van der Waals surface area contributed by atoms with E-state index in [1.165, 1.54) is 0 Å². The van der Waals surface area contributed by atoms with E-state index in [9.17, 15) is 4.79 Å². The van der Waals surface area contributed by atoms with E-state index in [-0.39, 0.29) is 12.0 Å². The highest BCUT2D eigenvalue weighted by molar-refractivity contribution is 7.80. The average Bonchev–Trinajstić information content (AvgIpc) is 2.98. The van der Waals surface area contributed by atoms with Gasteiger partial charge in [-0.2, -0.15) is 0 Å². The maximum atomic E-state index is 11.8. The first-order valence-electron chi connectivity index (χ1n) is 7.04. The van der Waals surface area contributed by atoms with Crippen molar-refractivity contribution in [3.8, 4) is 0 Å². The van der Waals surface area contributed by atoms with Gasteiger partial charge in [0.15, 0.2) is 5.11 Å². The van der Waals surface area contributed by atoms with E-state index in [0.29, 0.717) is 10.7 Å². The van der Waals surface area contributed by atoms with Crippen LogP contribution in [0.25, 0.3) is 0 Å². The molecule has 1 amide bonds. The predicted octanol–water partition coefficient (Wildman–Crippen LogP) is 1.85. The Bertz CT molecular complexity index is 496. The zero-order valence-corrected chi connectivity index (χ0v) is 13.2. The Morgan fingerprint density at radius 3 is 2.67 bits per heavy atom. The van der Waals surface area contributed by atoms with Crippen LogP contribution in [0.3, 0.4) is 0 Å². The molecule has 2 N–H and O–H groups in total. The lowest BCUT2D eigenvalue weighted by atomic mass is 10.2. The van der Waals surface area contributed by atoms with Crippen molar-refractivity contribution in [3.05, 3.63) is 29.8 Å². The molecule has 1 aliphatic heterocycles. The van der Waals surface area contributed by atoms with Crippen LogP contribution >= 0.6 is 12.2 Å². The first-order chi connectivity index (χ1) is 10.1. The maximum Gasteiger partial charge on any atom is 0.253 e. The number of carbonyl (C=O) groups excluding carboxylic acids is 1. The number of amides is 1. The van der Waals surface area contributed by atoms with Crippen LogP contribution in [0.4, 0.5) is 5.69 Å². The minimum absolute atomic E-state index is 0.0133. The smallest absolute Gasteiger partial charge is 0.253 e. The Kier molecular flexibility index (Phi) is 5.52. The molecule has 1 saturated heterocycles. The summed E-state index contributed by atoms with van der Waals surface area (Å²) in [6.07, 6.45) is 2.45. The van der Waals surface area contributed by atoms with Crippen molar-refractivity contribution in [3.63, 3.8) is 0 Å². The van der Waals surface area contributed by atoms with Gasteiger partial charge in [-0.1, -0.05) is 0 Å². The summed E-state index contributed by atoms with van der Waals surface area (Å²) in [6.45, 7) is 1.57. The first kappa shape index (κ1) is 15.7. The summed E-state index contributed by atoms with van der Waals surface area (Å²) in [6, 6.07) is 7.26. The molecule has 1 aliphatic rings. The number of ether oxygens (including phenoxy) is 1. The topological polar surface area (TPSA) is 53.6 Å². The zero-order chi connectivity index (χ0) is 15.2. The summed E-state index contributed by atoms with van der Waals surface area (Å²) in [5.74, 6) is -0.0133. The lowest BCUT2D eigenvalue weighted by Crippen LogP contribution is -2.34. The van der Waals surface area contributed by atoms with Crippen molar-refractivity contribution in [1.29, 1.82) is 0 Å². The summed E-state index contributed by atoms with van der Waals surface area (Å²) in [5, 5.41) is 6.82. The number of rotatable bonds is 4. The van der Waals surface area contributed by atoms with Gasteiger partial charge in [0.1, 0.15) is 0 Å². The van der Waals surface area contributed by atoms with Gasteiger partial charge in [0, 0.05) is 38.5 Å². The molecule has 1 aromatic carbocycles. The van der Waals surface area contributed by atoms with Gasteiger partial charge in [-0.3, -0.25) is 4.79 Å². The summed E-state index contributed by atoms with van der Waals surface area (Å²) >= 11 is 5.24. The Labute approximate surface area is 130 Å². The Balaban J connectivity index is 1.82. The number of benzene rings is 1. The molecule has 1 heterocycles. The highest BCUT2D eigenvalue weighted by Gasteiger charge is 2.15. The van der Waals surface area contributed by atoms with Gasteiger partial charge in [-0.25, -0.2) is 0 Å². The first-order valence-corrected chi connectivity index (χ1v) is 7.45. The number of carbonyl (C=O) groups is 1. The van der Waals surface area contributed by atoms with E-state index < -0.39 is 0 Å². The molecule has 1 atom stereocenters. The molecular weight excluding hydrogens is 286 g/mol. The van der Waals surface area contributed by atoms with Crippen LogP contribution in [-0.2, 0) is 4.74 Å². The van der Waals surface area contributed by atoms with Crippen molar-refractivity contribution in [2.75, 3.05) is 32.6 Å². The fraction of sp³-hybridized carbons (Fsp3) is 0.467. The van der Waals surface area contributed by atoms with Crippen LogP contribution in [0.1, 0.15) is 23.2 Å². The molecule has 0 radical (unpaired) electrons. The predicted molar refractivity (Wildman–Crippen MR) is 87.7 cm³/mol. The largest absolute Gasteiger partial charge is 0.376 e. The Hall–Kier alpha value is -1.66. The van der Waals surface area contributed by atoms with Gasteiger partial charge in [0.05, 0.1) is 6.10 Å². The summed E-state index contributed by atoms with van der Waals surface area (Å²) in [4.78, 5) is 13.3. The van der Waals surface area contributed by atoms with Crippen LogP contribution in [0.15, 0.2) is 24.3 Å². The fourth-order valence-corrected chi connectivity index (χ4v) is 2.34. The Morgan fingerprint density at radius 2 is 2.10 bits per heavy atom. The molecule has 0 unspecified atom stereocenters. The van der Waals surface area contributed by atoms with Gasteiger partial charge in [-0.15, -0.1) is 0 Å². The summed E-state index contributed by atoms with van der Waals surface area (Å²) < 4.78 is 5.53. The van der Waals surface area contributed by atoms with Gasteiger partial charge >= 0.3 is 0 Å². The lowest BCUT2D eigenvalue weighted by Gasteiger charge is -2.14. The summed E-state index contributed by atoms with van der Waals surface area (Å²) in [5.41, 5.74) is 1.51. The number of nitrogens with zero attached hydrogens (tertiary/aromatic N) is 1. The quantitative estimate of drug-likeness (QED) is 0.832. The molecule has 21 heavy (non-hydrogen) atoms. The summed E-state index contributed by atoms with van der Waals surface area (Å²) in [7, 11) is 3.47. The zero-order valence-electron chi connectivity index (χ0n) is 12.4. The SMILES string of the molecule is CN(C)C(=O)c1ccc(NC(=S)NC[C@H]2CCCO2)cc1. The van der Waals surface area contributed by atoms with Crippen LogP contribution in [0, 0.1) is 0 Å². The van der Waals surface area contributed by atoms with E-state index in [0.717, 1.165) is 31.7 Å². The Morgan fingerprint density at radius 1 is 1.38 bits per heavy atom. The van der Waals surface area contributed by atoms with E-state index >= 15 is 0 Å². The highest BCUT2D eigenvalue weighted by Crippen LogP contribution is 2.12. The molecule has 1 fully saturated rings. The molecule has 0 bridgehead atoms. The number of hydrogen-bond acceptors (Lipinski definition) is 3. The van der Waals surface area contributed by atoms with Crippen molar-refractivity contribution in [2.24, 2.45) is 0 Å². The van der Waals surface area contributed by atoms with Crippen molar-refractivity contribution < 1.29 is 9.53 Å². The lowest BCUT2D eigenvalue weighted by molar-refractivity contribution is 0.0827. The van der Waals surface area contributed by atoms with Crippen LogP contribution in [-0.4, -0.2) is 49.3 Å². The normalized spacial score (nSPS) is 17.3. The second-order valence-electron chi connectivity index (χ2n) is 5.25. The molecule has 5 nitrogen and oxygen atoms in total. The second-order valence-corrected chi connectivity index (χ2v) is 5.66. The van der Waals surface area contributed by atoms with Crippen molar-refractivity contribution in [2.45, 2.75) is 18.9 Å². The highest BCUT2D eigenvalue weighted by atomic mass is 32.1. The molecule has 0 aromatic heterocycles. The van der Waals surface area contributed by atoms with Crippen LogP contribution in [0.5, 0.6) is 0 Å². The van der Waals surface area contributed by atoms with Gasteiger partial charge in [0.2, 0.25) is 0 Å². The minimum Gasteiger partial charge on any atom is -0.376 e. The number of hydrogen-bond donors (Lipinski definition) is 2. The second kappa shape index (κ2) is 7.38.